The summed E-state index contributed by atoms with van der Waals surface area (Å²) < 4.78 is 14.9. The number of benzene rings is 2. The number of esters is 2. The van der Waals surface area contributed by atoms with E-state index in [-0.39, 0.29) is 22.7 Å². The van der Waals surface area contributed by atoms with E-state index in [0.29, 0.717) is 11.3 Å². The molecule has 8 heteroatoms. The summed E-state index contributed by atoms with van der Waals surface area (Å²) in [7, 11) is 2.41. The zero-order chi connectivity index (χ0) is 21.6. The number of amides is 1. The Bertz CT molecular complexity index is 918. The summed E-state index contributed by atoms with van der Waals surface area (Å²) >= 11 is 0. The second-order valence-corrected chi connectivity index (χ2v) is 6.08. The van der Waals surface area contributed by atoms with Crippen molar-refractivity contribution in [1.82, 2.24) is 0 Å². The Hall–Kier alpha value is -3.68. The highest BCUT2D eigenvalue weighted by Gasteiger charge is 2.20. The van der Waals surface area contributed by atoms with Crippen LogP contribution in [0.1, 0.15) is 44.9 Å². The summed E-state index contributed by atoms with van der Waals surface area (Å²) in [4.78, 5) is 47.9. The highest BCUT2D eigenvalue weighted by atomic mass is 16.5. The fourth-order valence-corrected chi connectivity index (χ4v) is 2.53. The molecule has 8 nitrogen and oxygen atoms in total. The van der Waals surface area contributed by atoms with Crippen molar-refractivity contribution < 1.29 is 33.4 Å². The Morgan fingerprint density at radius 1 is 0.897 bits per heavy atom. The van der Waals surface area contributed by atoms with Gasteiger partial charge in [0.15, 0.2) is 11.9 Å². The van der Waals surface area contributed by atoms with Crippen molar-refractivity contribution in [3.8, 4) is 5.75 Å². The average Bonchev–Trinajstić information content (AvgIpc) is 2.72. The molecule has 0 heterocycles. The molecular formula is C21H21NO7. The molecule has 1 N–H and O–H groups in total. The largest absolute Gasteiger partial charge is 0.481 e. The topological polar surface area (TPSA) is 108 Å². The first-order valence-electron chi connectivity index (χ1n) is 8.66. The number of anilines is 1. The van der Waals surface area contributed by atoms with Crippen molar-refractivity contribution >= 4 is 29.3 Å². The van der Waals surface area contributed by atoms with Crippen LogP contribution in [0.4, 0.5) is 5.69 Å². The van der Waals surface area contributed by atoms with Crippen LogP contribution in [0.25, 0.3) is 0 Å². The van der Waals surface area contributed by atoms with Gasteiger partial charge in [-0.15, -0.1) is 0 Å². The lowest BCUT2D eigenvalue weighted by Crippen LogP contribution is -2.30. The first-order valence-corrected chi connectivity index (χ1v) is 8.66. The van der Waals surface area contributed by atoms with Gasteiger partial charge in [0.2, 0.25) is 0 Å². The molecule has 152 valence electrons. The SMILES string of the molecule is COC(=O)c1cc(O[C@@H](C)C(=O)Nc2ccccc2C(C)=O)cc(C(=O)OC)c1. The minimum atomic E-state index is -0.992. The van der Waals surface area contributed by atoms with Crippen molar-refractivity contribution in [2.75, 3.05) is 19.5 Å². The van der Waals surface area contributed by atoms with E-state index in [1.807, 2.05) is 0 Å². The summed E-state index contributed by atoms with van der Waals surface area (Å²) in [5.41, 5.74) is 0.868. The van der Waals surface area contributed by atoms with Crippen LogP contribution in [0, 0.1) is 0 Å². The number of rotatable bonds is 7. The number of ketones is 1. The van der Waals surface area contributed by atoms with E-state index in [9.17, 15) is 19.2 Å². The second-order valence-electron chi connectivity index (χ2n) is 6.08. The number of Topliss-reactive ketones (excluding diaryl/α,β-unsaturated/α-hetero) is 1. The lowest BCUT2D eigenvalue weighted by molar-refractivity contribution is -0.122. The maximum absolute atomic E-state index is 12.5. The molecule has 1 amide bonds. The lowest BCUT2D eigenvalue weighted by atomic mass is 10.1. The van der Waals surface area contributed by atoms with Crippen LogP contribution < -0.4 is 10.1 Å². The van der Waals surface area contributed by atoms with Gasteiger partial charge in [0.05, 0.1) is 31.0 Å². The Kier molecular flexibility index (Phi) is 7.08. The molecule has 0 aliphatic carbocycles. The fraction of sp³-hybridized carbons (Fsp3) is 0.238. The van der Waals surface area contributed by atoms with Gasteiger partial charge in [-0.3, -0.25) is 9.59 Å². The van der Waals surface area contributed by atoms with E-state index in [0.717, 1.165) is 0 Å². The molecule has 0 unspecified atom stereocenters. The van der Waals surface area contributed by atoms with E-state index in [1.165, 1.54) is 46.3 Å². The monoisotopic (exact) mass is 399 g/mol. The molecular weight excluding hydrogens is 378 g/mol. The molecule has 2 rings (SSSR count). The number of hydrogen-bond acceptors (Lipinski definition) is 7. The highest BCUT2D eigenvalue weighted by molar-refractivity contribution is 6.04. The number of nitrogens with one attached hydrogen (secondary N) is 1. The van der Waals surface area contributed by atoms with Crippen molar-refractivity contribution in [1.29, 1.82) is 0 Å². The summed E-state index contributed by atoms with van der Waals surface area (Å²) in [6, 6.07) is 10.6. The maximum Gasteiger partial charge on any atom is 0.338 e. The van der Waals surface area contributed by atoms with Crippen LogP contribution in [0.2, 0.25) is 0 Å². The molecule has 0 aliphatic rings. The molecule has 0 radical (unpaired) electrons. The Morgan fingerprint density at radius 3 is 1.97 bits per heavy atom. The standard InChI is InChI=1S/C21H21NO7/c1-12(23)17-7-5-6-8-18(17)22-19(24)13(2)29-16-10-14(20(25)27-3)9-15(11-16)21(26)28-4/h5-11,13H,1-4H3,(H,22,24)/t13-/m0/s1. The molecule has 0 spiro atoms. The number of carbonyl (C=O) groups is 4. The van der Waals surface area contributed by atoms with E-state index in [4.69, 9.17) is 4.74 Å². The molecule has 0 aliphatic heterocycles. The van der Waals surface area contributed by atoms with E-state index in [1.54, 1.807) is 24.3 Å². The third-order valence-electron chi connectivity index (χ3n) is 4.00. The van der Waals surface area contributed by atoms with Gasteiger partial charge in [0, 0.05) is 5.56 Å². The van der Waals surface area contributed by atoms with Crippen molar-refractivity contribution in [2.24, 2.45) is 0 Å². The van der Waals surface area contributed by atoms with Gasteiger partial charge in [-0.05, 0) is 44.2 Å². The molecule has 1 atom stereocenters. The summed E-state index contributed by atoms with van der Waals surface area (Å²) in [5, 5.41) is 2.64. The van der Waals surface area contributed by atoms with Gasteiger partial charge in [-0.2, -0.15) is 0 Å². The molecule has 0 saturated carbocycles. The second kappa shape index (κ2) is 9.50. The molecule has 0 bridgehead atoms. The summed E-state index contributed by atoms with van der Waals surface area (Å²) in [6.07, 6.45) is -0.992. The van der Waals surface area contributed by atoms with Gasteiger partial charge in [0.25, 0.3) is 5.91 Å². The Morgan fingerprint density at radius 2 is 1.45 bits per heavy atom. The predicted molar refractivity (Wildman–Crippen MR) is 104 cm³/mol. The molecule has 0 saturated heterocycles. The quantitative estimate of drug-likeness (QED) is 0.563. The highest BCUT2D eigenvalue weighted by Crippen LogP contribution is 2.21. The maximum atomic E-state index is 12.5. The smallest absolute Gasteiger partial charge is 0.338 e. The first kappa shape index (κ1) is 21.6. The molecule has 2 aromatic carbocycles. The van der Waals surface area contributed by atoms with Gasteiger partial charge in [-0.25, -0.2) is 9.59 Å². The number of carbonyl (C=O) groups excluding carboxylic acids is 4. The fourth-order valence-electron chi connectivity index (χ4n) is 2.53. The van der Waals surface area contributed by atoms with E-state index in [2.05, 4.69) is 14.8 Å². The summed E-state index contributed by atoms with van der Waals surface area (Å²) in [5.74, 6) is -1.94. The molecule has 0 fully saturated rings. The molecule has 2 aromatic rings. The minimum absolute atomic E-state index is 0.0694. The van der Waals surface area contributed by atoms with Gasteiger partial charge >= 0.3 is 11.9 Å². The van der Waals surface area contributed by atoms with Crippen LogP contribution in [-0.2, 0) is 14.3 Å². The number of ether oxygens (including phenoxy) is 3. The summed E-state index contributed by atoms with van der Waals surface area (Å²) in [6.45, 7) is 2.89. The third kappa shape index (κ3) is 5.41. The average molecular weight is 399 g/mol. The Labute approximate surface area is 167 Å². The van der Waals surface area contributed by atoms with Crippen LogP contribution in [-0.4, -0.2) is 44.0 Å². The van der Waals surface area contributed by atoms with E-state index < -0.39 is 23.9 Å². The normalized spacial score (nSPS) is 11.2. The van der Waals surface area contributed by atoms with Crippen LogP contribution in [0.15, 0.2) is 42.5 Å². The predicted octanol–water partition coefficient (Wildman–Crippen LogP) is 2.87. The minimum Gasteiger partial charge on any atom is -0.481 e. The lowest BCUT2D eigenvalue weighted by Gasteiger charge is -2.17. The van der Waals surface area contributed by atoms with Crippen LogP contribution in [0.3, 0.4) is 0 Å². The molecule has 0 aromatic heterocycles. The molecule has 29 heavy (non-hydrogen) atoms. The van der Waals surface area contributed by atoms with E-state index >= 15 is 0 Å². The van der Waals surface area contributed by atoms with Gasteiger partial charge in [-0.1, -0.05) is 12.1 Å². The van der Waals surface area contributed by atoms with Crippen LogP contribution >= 0.6 is 0 Å². The number of para-hydroxylation sites is 1. The first-order chi connectivity index (χ1) is 13.8. The van der Waals surface area contributed by atoms with Crippen molar-refractivity contribution in [2.45, 2.75) is 20.0 Å². The van der Waals surface area contributed by atoms with Gasteiger partial charge < -0.3 is 19.5 Å². The van der Waals surface area contributed by atoms with Gasteiger partial charge in [0.1, 0.15) is 5.75 Å². The third-order valence-corrected chi connectivity index (χ3v) is 4.00. The zero-order valence-corrected chi connectivity index (χ0v) is 16.5. The number of hydrogen-bond donors (Lipinski definition) is 1. The zero-order valence-electron chi connectivity index (χ0n) is 16.5. The van der Waals surface area contributed by atoms with Crippen molar-refractivity contribution in [3.63, 3.8) is 0 Å². The Balaban J connectivity index is 2.24. The van der Waals surface area contributed by atoms with Crippen molar-refractivity contribution in [3.05, 3.63) is 59.2 Å². The number of methoxy groups -OCH3 is 2. The van der Waals surface area contributed by atoms with Crippen LogP contribution in [0.5, 0.6) is 5.75 Å².